The maximum atomic E-state index is 12.5. The summed E-state index contributed by atoms with van der Waals surface area (Å²) in [5, 5.41) is 6.35. The number of nitrogens with zero attached hydrogens (tertiary/aromatic N) is 1. The summed E-state index contributed by atoms with van der Waals surface area (Å²) >= 11 is 0. The van der Waals surface area contributed by atoms with Gasteiger partial charge in [0, 0.05) is 38.3 Å². The van der Waals surface area contributed by atoms with Crippen LogP contribution in [0.25, 0.3) is 6.08 Å². The molecule has 1 rings (SSSR count). The van der Waals surface area contributed by atoms with Crippen molar-refractivity contribution in [2.45, 2.75) is 52.9 Å². The fourth-order valence-corrected chi connectivity index (χ4v) is 3.18. The third kappa shape index (κ3) is 8.81. The highest BCUT2D eigenvalue weighted by Crippen LogP contribution is 2.36. The minimum Gasteiger partial charge on any atom is -0.496 e. The van der Waals surface area contributed by atoms with Gasteiger partial charge in [0.15, 0.2) is 0 Å². The smallest absolute Gasteiger partial charge is 0.246 e. The molecule has 0 radical (unpaired) electrons. The summed E-state index contributed by atoms with van der Waals surface area (Å²) in [4.78, 5) is 26.3. The maximum absolute atomic E-state index is 12.5. The zero-order chi connectivity index (χ0) is 23.9. The molecule has 7 heteroatoms. The van der Waals surface area contributed by atoms with E-state index in [0.29, 0.717) is 42.4 Å². The van der Waals surface area contributed by atoms with Crippen LogP contribution in [0.3, 0.4) is 0 Å². The minimum atomic E-state index is -0.230. The maximum Gasteiger partial charge on any atom is 0.246 e. The monoisotopic (exact) mass is 447 g/mol. The molecule has 0 fully saturated rings. The number of methoxy groups -OCH3 is 2. The Morgan fingerprint density at radius 1 is 1.06 bits per heavy atom. The molecule has 0 aliphatic carbocycles. The fourth-order valence-electron chi connectivity index (χ4n) is 3.18. The van der Waals surface area contributed by atoms with Crippen LogP contribution in [0.15, 0.2) is 18.2 Å². The molecule has 0 aliphatic heterocycles. The molecule has 0 aliphatic rings. The standard InChI is InChI=1S/C25H41N3O4/c1-7-9-10-11-12-17-26-25(30)19(3)18-27-24-20(13-16-23(29)28(4)8-2)21(31-5)14-15-22(24)32-6/h13-16,19,27H,7-12,17-18H2,1-6H3,(H,26,30)/b16-13+. The molecule has 1 unspecified atom stereocenters. The molecule has 7 nitrogen and oxygen atoms in total. The second-order valence-electron chi connectivity index (χ2n) is 7.93. The van der Waals surface area contributed by atoms with Crippen LogP contribution in [-0.2, 0) is 9.59 Å². The van der Waals surface area contributed by atoms with Gasteiger partial charge in [0.05, 0.1) is 25.8 Å². The van der Waals surface area contributed by atoms with Crippen molar-refractivity contribution in [1.82, 2.24) is 10.2 Å². The molecule has 1 aromatic rings. The van der Waals surface area contributed by atoms with Crippen LogP contribution >= 0.6 is 0 Å². The van der Waals surface area contributed by atoms with Gasteiger partial charge in [-0.1, -0.05) is 39.5 Å². The highest BCUT2D eigenvalue weighted by molar-refractivity contribution is 5.94. The number of likely N-dealkylation sites (N-methyl/N-ethyl adjacent to an activating group) is 1. The number of benzene rings is 1. The largest absolute Gasteiger partial charge is 0.496 e. The molecule has 0 aromatic heterocycles. The number of anilines is 1. The molecule has 180 valence electrons. The Kier molecular flexibility index (Phi) is 12.9. The highest BCUT2D eigenvalue weighted by atomic mass is 16.5. The number of ether oxygens (including phenoxy) is 2. The number of carbonyl (C=O) groups excluding carboxylic acids is 2. The summed E-state index contributed by atoms with van der Waals surface area (Å²) in [6, 6.07) is 3.60. The van der Waals surface area contributed by atoms with Crippen molar-refractivity contribution in [1.29, 1.82) is 0 Å². The summed E-state index contributed by atoms with van der Waals surface area (Å²) < 4.78 is 11.0. The predicted octanol–water partition coefficient (Wildman–Crippen LogP) is 4.33. The summed E-state index contributed by atoms with van der Waals surface area (Å²) in [6.07, 6.45) is 9.05. The average molecular weight is 448 g/mol. The third-order valence-corrected chi connectivity index (χ3v) is 5.46. The lowest BCUT2D eigenvalue weighted by atomic mass is 10.1. The first-order valence-corrected chi connectivity index (χ1v) is 11.6. The quantitative estimate of drug-likeness (QED) is 0.309. The molecule has 0 bridgehead atoms. The Labute approximate surface area is 193 Å². The van der Waals surface area contributed by atoms with Gasteiger partial charge >= 0.3 is 0 Å². The predicted molar refractivity (Wildman–Crippen MR) is 131 cm³/mol. The van der Waals surface area contributed by atoms with E-state index >= 15 is 0 Å². The van der Waals surface area contributed by atoms with Crippen molar-refractivity contribution in [3.8, 4) is 11.5 Å². The molecule has 1 aromatic carbocycles. The summed E-state index contributed by atoms with van der Waals surface area (Å²) in [7, 11) is 4.92. The first kappa shape index (κ1) is 27.3. The lowest BCUT2D eigenvalue weighted by Crippen LogP contribution is -2.33. The molecule has 1 atom stereocenters. The van der Waals surface area contributed by atoms with E-state index < -0.39 is 0 Å². The summed E-state index contributed by atoms with van der Waals surface area (Å²) in [5.41, 5.74) is 1.39. The van der Waals surface area contributed by atoms with E-state index in [9.17, 15) is 9.59 Å². The van der Waals surface area contributed by atoms with Crippen LogP contribution in [0.2, 0.25) is 0 Å². The zero-order valence-corrected chi connectivity index (χ0v) is 20.6. The van der Waals surface area contributed by atoms with Gasteiger partial charge in [0.1, 0.15) is 11.5 Å². The molecule has 0 saturated carbocycles. The van der Waals surface area contributed by atoms with Gasteiger partial charge in [-0.25, -0.2) is 0 Å². The molecule has 2 amide bonds. The molecule has 0 heterocycles. The van der Waals surface area contributed by atoms with Crippen molar-refractivity contribution in [2.24, 2.45) is 5.92 Å². The van der Waals surface area contributed by atoms with E-state index in [2.05, 4.69) is 17.6 Å². The molecular formula is C25H41N3O4. The second kappa shape index (κ2) is 15.2. The van der Waals surface area contributed by atoms with Crippen molar-refractivity contribution < 1.29 is 19.1 Å². The van der Waals surface area contributed by atoms with E-state index in [1.54, 1.807) is 44.4 Å². The highest BCUT2D eigenvalue weighted by Gasteiger charge is 2.17. The lowest BCUT2D eigenvalue weighted by molar-refractivity contribution is -0.125. The van der Waals surface area contributed by atoms with Gasteiger partial charge in [0.25, 0.3) is 0 Å². The molecular weight excluding hydrogens is 406 g/mol. The first-order chi connectivity index (χ1) is 15.4. The van der Waals surface area contributed by atoms with Crippen molar-refractivity contribution >= 4 is 23.6 Å². The molecule has 0 saturated heterocycles. The van der Waals surface area contributed by atoms with E-state index in [1.165, 1.54) is 25.3 Å². The van der Waals surface area contributed by atoms with E-state index in [0.717, 1.165) is 12.8 Å². The van der Waals surface area contributed by atoms with Gasteiger partial charge in [-0.05, 0) is 31.6 Å². The number of unbranched alkanes of at least 4 members (excludes halogenated alkanes) is 4. The van der Waals surface area contributed by atoms with Crippen LogP contribution in [0.4, 0.5) is 5.69 Å². The number of hydrogen-bond acceptors (Lipinski definition) is 5. The van der Waals surface area contributed by atoms with Gasteiger partial charge in [-0.15, -0.1) is 0 Å². The van der Waals surface area contributed by atoms with E-state index in [-0.39, 0.29) is 17.7 Å². The number of amides is 2. The minimum absolute atomic E-state index is 0.0201. The van der Waals surface area contributed by atoms with Gasteiger partial charge in [-0.2, -0.15) is 0 Å². The summed E-state index contributed by atoms with van der Waals surface area (Å²) in [6.45, 7) is 7.75. The van der Waals surface area contributed by atoms with Gasteiger partial charge < -0.3 is 25.0 Å². The Hall–Kier alpha value is -2.70. The Bertz CT molecular complexity index is 749. The lowest BCUT2D eigenvalue weighted by Gasteiger charge is -2.19. The second-order valence-corrected chi connectivity index (χ2v) is 7.93. The van der Waals surface area contributed by atoms with Gasteiger partial charge in [-0.3, -0.25) is 9.59 Å². The van der Waals surface area contributed by atoms with Crippen LogP contribution in [0.1, 0.15) is 58.4 Å². The van der Waals surface area contributed by atoms with Crippen molar-refractivity contribution in [2.75, 3.05) is 46.2 Å². The van der Waals surface area contributed by atoms with Crippen molar-refractivity contribution in [3.63, 3.8) is 0 Å². The van der Waals surface area contributed by atoms with Crippen molar-refractivity contribution in [3.05, 3.63) is 23.8 Å². The van der Waals surface area contributed by atoms with Crippen LogP contribution in [0.5, 0.6) is 11.5 Å². The normalized spacial score (nSPS) is 11.8. The zero-order valence-electron chi connectivity index (χ0n) is 20.6. The Morgan fingerprint density at radius 3 is 2.34 bits per heavy atom. The molecule has 32 heavy (non-hydrogen) atoms. The number of nitrogens with one attached hydrogen (secondary N) is 2. The summed E-state index contributed by atoms with van der Waals surface area (Å²) in [5.74, 6) is 0.916. The van der Waals surface area contributed by atoms with Gasteiger partial charge in [0.2, 0.25) is 11.8 Å². The van der Waals surface area contributed by atoms with Crippen LogP contribution in [0, 0.1) is 5.92 Å². The van der Waals surface area contributed by atoms with E-state index in [1.807, 2.05) is 13.8 Å². The average Bonchev–Trinajstić information content (AvgIpc) is 2.81. The Morgan fingerprint density at radius 2 is 1.72 bits per heavy atom. The number of hydrogen-bond donors (Lipinski definition) is 2. The van der Waals surface area contributed by atoms with E-state index in [4.69, 9.17) is 9.47 Å². The van der Waals surface area contributed by atoms with Crippen LogP contribution in [-0.4, -0.2) is 57.6 Å². The number of carbonyl (C=O) groups is 2. The SMILES string of the molecule is CCCCCCCNC(=O)C(C)CNc1c(OC)ccc(OC)c1/C=C/C(=O)N(C)CC. The first-order valence-electron chi connectivity index (χ1n) is 11.6. The topological polar surface area (TPSA) is 79.9 Å². The Balaban J connectivity index is 2.86. The molecule has 0 spiro atoms. The fraction of sp³-hybridized carbons (Fsp3) is 0.600. The third-order valence-electron chi connectivity index (χ3n) is 5.46. The molecule has 2 N–H and O–H groups in total. The number of rotatable bonds is 15. The van der Waals surface area contributed by atoms with Crippen LogP contribution < -0.4 is 20.1 Å².